The third-order valence-electron chi connectivity index (χ3n) is 4.67. The highest BCUT2D eigenvalue weighted by molar-refractivity contribution is 6.20. The normalized spacial score (nSPS) is 12.9. The standard InChI is InChI=1S/C25H25N3O2/c1-27-17-22(18-10-5-3-6-11-18)23(26)25(29)24(19-12-7-4-8-13-19)28-20-14-9-15-21(16-20)30-2/h3-17,24,28H,26H2,1-2H3. The first-order valence-corrected chi connectivity index (χ1v) is 9.61. The van der Waals surface area contributed by atoms with Crippen molar-refractivity contribution in [2.24, 2.45) is 10.7 Å². The lowest BCUT2D eigenvalue weighted by molar-refractivity contribution is -0.116. The van der Waals surface area contributed by atoms with Crippen LogP contribution in [0, 0.1) is 0 Å². The molecule has 30 heavy (non-hydrogen) atoms. The molecule has 1 unspecified atom stereocenters. The SMILES string of the molecule is CN=CC(=C(N)C(=O)C(Nc1cccc(OC)c1)c1ccccc1)c1ccccc1. The molecule has 0 aliphatic rings. The highest BCUT2D eigenvalue weighted by Crippen LogP contribution is 2.27. The second-order valence-corrected chi connectivity index (χ2v) is 6.66. The van der Waals surface area contributed by atoms with Crippen molar-refractivity contribution in [1.29, 1.82) is 0 Å². The number of benzene rings is 3. The number of ether oxygens (including phenoxy) is 1. The molecule has 1 atom stereocenters. The Labute approximate surface area is 176 Å². The van der Waals surface area contributed by atoms with Gasteiger partial charge in [0.2, 0.25) is 5.78 Å². The summed E-state index contributed by atoms with van der Waals surface area (Å²) in [7, 11) is 3.26. The highest BCUT2D eigenvalue weighted by atomic mass is 16.5. The molecule has 3 aromatic rings. The molecule has 0 saturated carbocycles. The molecule has 0 aromatic heterocycles. The number of nitrogens with one attached hydrogen (secondary N) is 1. The fourth-order valence-electron chi connectivity index (χ4n) is 3.16. The van der Waals surface area contributed by atoms with Gasteiger partial charge >= 0.3 is 0 Å². The number of rotatable bonds is 8. The largest absolute Gasteiger partial charge is 0.497 e. The van der Waals surface area contributed by atoms with Crippen LogP contribution in [-0.4, -0.2) is 26.2 Å². The summed E-state index contributed by atoms with van der Waals surface area (Å²) in [6.45, 7) is 0. The van der Waals surface area contributed by atoms with Crippen LogP contribution >= 0.6 is 0 Å². The van der Waals surface area contributed by atoms with Crippen LogP contribution in [0.2, 0.25) is 0 Å². The summed E-state index contributed by atoms with van der Waals surface area (Å²) >= 11 is 0. The fourth-order valence-corrected chi connectivity index (χ4v) is 3.16. The Balaban J connectivity index is 2.04. The smallest absolute Gasteiger partial charge is 0.205 e. The average Bonchev–Trinajstić information content (AvgIpc) is 2.81. The Morgan fingerprint density at radius 2 is 1.67 bits per heavy atom. The van der Waals surface area contributed by atoms with Crippen molar-refractivity contribution < 1.29 is 9.53 Å². The van der Waals surface area contributed by atoms with Crippen molar-refractivity contribution in [1.82, 2.24) is 0 Å². The minimum Gasteiger partial charge on any atom is -0.497 e. The number of aliphatic imine (C=N–C) groups is 1. The van der Waals surface area contributed by atoms with Gasteiger partial charge in [0, 0.05) is 30.6 Å². The van der Waals surface area contributed by atoms with Crippen molar-refractivity contribution in [2.75, 3.05) is 19.5 Å². The molecule has 152 valence electrons. The summed E-state index contributed by atoms with van der Waals surface area (Å²) in [5, 5.41) is 3.31. The molecular formula is C25H25N3O2. The third kappa shape index (κ3) is 4.94. The van der Waals surface area contributed by atoms with Crippen LogP contribution in [0.3, 0.4) is 0 Å². The molecule has 5 nitrogen and oxygen atoms in total. The number of nitrogens with two attached hydrogens (primary N) is 1. The Kier molecular flexibility index (Phi) is 7.00. The van der Waals surface area contributed by atoms with Gasteiger partial charge in [-0.25, -0.2) is 0 Å². The quantitative estimate of drug-likeness (QED) is 0.432. The van der Waals surface area contributed by atoms with E-state index < -0.39 is 6.04 Å². The van der Waals surface area contributed by atoms with Gasteiger partial charge < -0.3 is 15.8 Å². The number of Topliss-reactive ketones (excluding diaryl/α,β-unsaturated/α-hetero) is 1. The number of carbonyl (C=O) groups is 1. The number of allylic oxidation sites excluding steroid dienone is 1. The van der Waals surface area contributed by atoms with E-state index in [4.69, 9.17) is 10.5 Å². The van der Waals surface area contributed by atoms with Crippen molar-refractivity contribution in [3.05, 3.63) is 102 Å². The minimum atomic E-state index is -0.665. The van der Waals surface area contributed by atoms with E-state index in [0.29, 0.717) is 11.3 Å². The summed E-state index contributed by atoms with van der Waals surface area (Å²) in [4.78, 5) is 17.7. The molecule has 0 bridgehead atoms. The molecule has 3 rings (SSSR count). The maximum absolute atomic E-state index is 13.6. The monoisotopic (exact) mass is 399 g/mol. The molecule has 0 radical (unpaired) electrons. The summed E-state index contributed by atoms with van der Waals surface area (Å²) < 4.78 is 5.30. The van der Waals surface area contributed by atoms with Gasteiger partial charge in [0.25, 0.3) is 0 Å². The summed E-state index contributed by atoms with van der Waals surface area (Å²) in [5.41, 5.74) is 9.55. The first-order chi connectivity index (χ1) is 14.6. The molecule has 0 heterocycles. The molecule has 0 aliphatic carbocycles. The van der Waals surface area contributed by atoms with Gasteiger partial charge in [0.15, 0.2) is 0 Å². The van der Waals surface area contributed by atoms with Gasteiger partial charge in [-0.2, -0.15) is 0 Å². The molecule has 0 fully saturated rings. The van der Waals surface area contributed by atoms with Crippen molar-refractivity contribution >= 4 is 23.3 Å². The van der Waals surface area contributed by atoms with Crippen LogP contribution < -0.4 is 15.8 Å². The van der Waals surface area contributed by atoms with E-state index in [1.807, 2.05) is 84.9 Å². The summed E-state index contributed by atoms with van der Waals surface area (Å²) in [6, 6.07) is 25.8. The third-order valence-corrected chi connectivity index (χ3v) is 4.67. The van der Waals surface area contributed by atoms with Gasteiger partial charge in [-0.15, -0.1) is 0 Å². The van der Waals surface area contributed by atoms with Gasteiger partial charge in [-0.3, -0.25) is 9.79 Å². The second kappa shape index (κ2) is 10.1. The van der Waals surface area contributed by atoms with E-state index in [-0.39, 0.29) is 11.5 Å². The molecule has 0 amide bonds. The predicted octanol–water partition coefficient (Wildman–Crippen LogP) is 4.49. The molecule has 5 heteroatoms. The minimum absolute atomic E-state index is 0.149. The van der Waals surface area contributed by atoms with Gasteiger partial charge in [-0.05, 0) is 23.3 Å². The molecular weight excluding hydrogens is 374 g/mol. The highest BCUT2D eigenvalue weighted by Gasteiger charge is 2.25. The number of carbonyl (C=O) groups excluding carboxylic acids is 1. The molecule has 3 aromatic carbocycles. The zero-order valence-corrected chi connectivity index (χ0v) is 17.1. The van der Waals surface area contributed by atoms with Crippen LogP contribution in [0.4, 0.5) is 5.69 Å². The van der Waals surface area contributed by atoms with Crippen LogP contribution in [0.1, 0.15) is 17.2 Å². The Morgan fingerprint density at radius 3 is 2.30 bits per heavy atom. The number of methoxy groups -OCH3 is 1. The van der Waals surface area contributed by atoms with E-state index in [1.54, 1.807) is 20.4 Å². The maximum Gasteiger partial charge on any atom is 0.205 e. The maximum atomic E-state index is 13.6. The first-order valence-electron chi connectivity index (χ1n) is 9.61. The van der Waals surface area contributed by atoms with E-state index in [9.17, 15) is 4.79 Å². The predicted molar refractivity (Wildman–Crippen MR) is 123 cm³/mol. The lowest BCUT2D eigenvalue weighted by atomic mass is 9.95. The van der Waals surface area contributed by atoms with Crippen LogP contribution in [0.5, 0.6) is 5.75 Å². The topological polar surface area (TPSA) is 76.7 Å². The number of hydrogen-bond acceptors (Lipinski definition) is 5. The Hall–Kier alpha value is -3.86. The van der Waals surface area contributed by atoms with Crippen LogP contribution in [0.25, 0.3) is 5.57 Å². The Bertz CT molecular complexity index is 1040. The summed E-state index contributed by atoms with van der Waals surface area (Å²) in [6.07, 6.45) is 1.62. The van der Waals surface area contributed by atoms with E-state index in [0.717, 1.165) is 16.8 Å². The molecule has 3 N–H and O–H groups in total. The Morgan fingerprint density at radius 1 is 1.00 bits per heavy atom. The van der Waals surface area contributed by atoms with Gasteiger partial charge in [0.1, 0.15) is 11.8 Å². The van der Waals surface area contributed by atoms with E-state index in [1.165, 1.54) is 0 Å². The fraction of sp³-hybridized carbons (Fsp3) is 0.120. The number of anilines is 1. The lowest BCUT2D eigenvalue weighted by Crippen LogP contribution is -2.27. The van der Waals surface area contributed by atoms with Gasteiger partial charge in [-0.1, -0.05) is 66.7 Å². The number of nitrogens with zero attached hydrogens (tertiary/aromatic N) is 1. The van der Waals surface area contributed by atoms with Crippen molar-refractivity contribution in [3.63, 3.8) is 0 Å². The zero-order valence-electron chi connectivity index (χ0n) is 17.1. The molecule has 0 spiro atoms. The molecule has 0 aliphatic heterocycles. The number of ketones is 1. The van der Waals surface area contributed by atoms with Crippen LogP contribution in [-0.2, 0) is 4.79 Å². The average molecular weight is 399 g/mol. The lowest BCUT2D eigenvalue weighted by Gasteiger charge is -2.21. The zero-order chi connectivity index (χ0) is 21.3. The molecule has 0 saturated heterocycles. The van der Waals surface area contributed by atoms with Crippen LogP contribution in [0.15, 0.2) is 95.6 Å². The van der Waals surface area contributed by atoms with Crippen molar-refractivity contribution in [3.8, 4) is 5.75 Å². The van der Waals surface area contributed by atoms with Gasteiger partial charge in [0.05, 0.1) is 12.8 Å². The first kappa shape index (κ1) is 20.9. The van der Waals surface area contributed by atoms with Crippen molar-refractivity contribution in [2.45, 2.75) is 6.04 Å². The number of hydrogen-bond donors (Lipinski definition) is 2. The van der Waals surface area contributed by atoms with E-state index in [2.05, 4.69) is 10.3 Å². The second-order valence-electron chi connectivity index (χ2n) is 6.66. The van der Waals surface area contributed by atoms with E-state index >= 15 is 0 Å². The summed E-state index contributed by atoms with van der Waals surface area (Å²) in [5.74, 6) is 0.466.